The summed E-state index contributed by atoms with van der Waals surface area (Å²) in [7, 11) is 5.95. The minimum atomic E-state index is 0.698. The molecule has 1 aliphatic carbocycles. The van der Waals surface area contributed by atoms with Crippen LogP contribution in [0.2, 0.25) is 0 Å². The van der Waals surface area contributed by atoms with Crippen LogP contribution in [-0.2, 0) is 13.6 Å². The van der Waals surface area contributed by atoms with E-state index in [0.717, 1.165) is 29.2 Å². The average molecular weight is 260 g/mol. The number of aryl methyl sites for hydroxylation is 1. The first kappa shape index (κ1) is 12.3. The maximum Gasteiger partial charge on any atom is 0.163 e. The second-order valence-corrected chi connectivity index (χ2v) is 5.24. The van der Waals surface area contributed by atoms with E-state index in [0.29, 0.717) is 6.04 Å². The molecule has 1 saturated carbocycles. The molecule has 19 heavy (non-hydrogen) atoms. The summed E-state index contributed by atoms with van der Waals surface area (Å²) in [5, 5.41) is 8.35. The predicted molar refractivity (Wildman–Crippen MR) is 75.0 cm³/mol. The molecule has 0 amide bonds. The molecule has 6 nitrogen and oxygen atoms in total. The Hall–Kier alpha value is -1.69. The van der Waals surface area contributed by atoms with E-state index in [1.807, 2.05) is 14.1 Å². The smallest absolute Gasteiger partial charge is 0.163 e. The normalized spacial score (nSPS) is 16.0. The van der Waals surface area contributed by atoms with Crippen LogP contribution in [0.4, 0.5) is 5.82 Å². The Morgan fingerprint density at radius 3 is 2.84 bits per heavy atom. The van der Waals surface area contributed by atoms with Gasteiger partial charge in [0.1, 0.15) is 11.6 Å². The van der Waals surface area contributed by atoms with Gasteiger partial charge in [0.25, 0.3) is 0 Å². The zero-order valence-corrected chi connectivity index (χ0v) is 11.7. The molecule has 1 fully saturated rings. The summed E-state index contributed by atoms with van der Waals surface area (Å²) in [5.41, 5.74) is 0.886. The molecular weight excluding hydrogens is 240 g/mol. The van der Waals surface area contributed by atoms with E-state index in [-0.39, 0.29) is 0 Å². The zero-order valence-electron chi connectivity index (χ0n) is 11.7. The fourth-order valence-corrected chi connectivity index (χ4v) is 2.51. The summed E-state index contributed by atoms with van der Waals surface area (Å²) in [4.78, 5) is 11.6. The molecule has 1 aliphatic rings. The Bertz CT molecular complexity index is 586. The minimum absolute atomic E-state index is 0.698. The summed E-state index contributed by atoms with van der Waals surface area (Å²) in [6.45, 7) is 0.792. The number of aromatic nitrogens is 4. The van der Waals surface area contributed by atoms with Crippen LogP contribution < -0.4 is 5.32 Å². The number of anilines is 1. The van der Waals surface area contributed by atoms with Gasteiger partial charge in [0.15, 0.2) is 5.65 Å². The summed E-state index contributed by atoms with van der Waals surface area (Å²) >= 11 is 0. The van der Waals surface area contributed by atoms with Crippen LogP contribution in [0.1, 0.15) is 25.1 Å². The number of hydrogen-bond acceptors (Lipinski definition) is 5. The van der Waals surface area contributed by atoms with Crippen molar-refractivity contribution in [2.75, 3.05) is 19.4 Å². The summed E-state index contributed by atoms with van der Waals surface area (Å²) in [5.74, 6) is 1.71. The second-order valence-electron chi connectivity index (χ2n) is 5.24. The van der Waals surface area contributed by atoms with E-state index < -0.39 is 0 Å². The predicted octanol–water partition coefficient (Wildman–Crippen LogP) is 1.39. The lowest BCUT2D eigenvalue weighted by Gasteiger charge is -2.34. The van der Waals surface area contributed by atoms with Gasteiger partial charge in [0.05, 0.1) is 18.1 Å². The minimum Gasteiger partial charge on any atom is -0.372 e. The first-order valence-corrected chi connectivity index (χ1v) is 6.75. The standard InChI is InChI=1S/C13H20N6/c1-14-12-10-7-15-19(3)13(10)17-11(16-12)8-18(2)9-5-4-6-9/h7,9H,4-6,8H2,1-3H3,(H,14,16,17). The zero-order chi connectivity index (χ0) is 13.4. The van der Waals surface area contributed by atoms with Crippen molar-refractivity contribution in [3.8, 4) is 0 Å². The molecule has 0 atom stereocenters. The first-order valence-electron chi connectivity index (χ1n) is 6.75. The van der Waals surface area contributed by atoms with Crippen LogP contribution in [0.25, 0.3) is 11.0 Å². The van der Waals surface area contributed by atoms with E-state index in [2.05, 4.69) is 32.3 Å². The molecule has 0 radical (unpaired) electrons. The Morgan fingerprint density at radius 2 is 2.21 bits per heavy atom. The van der Waals surface area contributed by atoms with E-state index >= 15 is 0 Å². The second kappa shape index (κ2) is 4.77. The fraction of sp³-hybridized carbons (Fsp3) is 0.615. The molecule has 2 heterocycles. The third-order valence-electron chi connectivity index (χ3n) is 3.96. The van der Waals surface area contributed by atoms with Crippen molar-refractivity contribution >= 4 is 16.9 Å². The van der Waals surface area contributed by atoms with E-state index in [1.165, 1.54) is 19.3 Å². The Kier molecular flexibility index (Phi) is 3.10. The largest absolute Gasteiger partial charge is 0.372 e. The van der Waals surface area contributed by atoms with Crippen LogP contribution >= 0.6 is 0 Å². The van der Waals surface area contributed by atoms with Crippen LogP contribution in [0.15, 0.2) is 6.20 Å². The van der Waals surface area contributed by atoms with Gasteiger partial charge in [0.2, 0.25) is 0 Å². The fourth-order valence-electron chi connectivity index (χ4n) is 2.51. The number of hydrogen-bond donors (Lipinski definition) is 1. The van der Waals surface area contributed by atoms with E-state index in [4.69, 9.17) is 0 Å². The van der Waals surface area contributed by atoms with Gasteiger partial charge in [0, 0.05) is 20.1 Å². The molecule has 102 valence electrons. The molecule has 2 aromatic rings. The lowest BCUT2D eigenvalue weighted by Crippen LogP contribution is -2.37. The van der Waals surface area contributed by atoms with Crippen molar-refractivity contribution in [2.45, 2.75) is 31.8 Å². The highest BCUT2D eigenvalue weighted by Gasteiger charge is 2.23. The number of fused-ring (bicyclic) bond motifs is 1. The van der Waals surface area contributed by atoms with Crippen molar-refractivity contribution in [3.05, 3.63) is 12.0 Å². The van der Waals surface area contributed by atoms with Crippen LogP contribution in [-0.4, -0.2) is 44.8 Å². The maximum absolute atomic E-state index is 4.63. The number of nitrogens with zero attached hydrogens (tertiary/aromatic N) is 5. The summed E-state index contributed by atoms with van der Waals surface area (Å²) in [6.07, 6.45) is 5.74. The molecule has 3 rings (SSSR count). The van der Waals surface area contributed by atoms with Crippen LogP contribution in [0.3, 0.4) is 0 Å². The number of nitrogens with one attached hydrogen (secondary N) is 1. The average Bonchev–Trinajstić information content (AvgIpc) is 2.68. The molecule has 0 bridgehead atoms. The molecule has 0 aliphatic heterocycles. The third-order valence-corrected chi connectivity index (χ3v) is 3.96. The van der Waals surface area contributed by atoms with E-state index in [9.17, 15) is 0 Å². The topological polar surface area (TPSA) is 58.9 Å². The molecule has 0 saturated heterocycles. The molecule has 2 aromatic heterocycles. The van der Waals surface area contributed by atoms with Crippen molar-refractivity contribution in [3.63, 3.8) is 0 Å². The highest BCUT2D eigenvalue weighted by Crippen LogP contribution is 2.25. The lowest BCUT2D eigenvalue weighted by molar-refractivity contribution is 0.149. The Balaban J connectivity index is 1.92. The molecule has 0 aromatic carbocycles. The van der Waals surface area contributed by atoms with Crippen LogP contribution in [0, 0.1) is 0 Å². The molecular formula is C13H20N6. The Morgan fingerprint density at radius 1 is 1.42 bits per heavy atom. The SMILES string of the molecule is CNc1nc(CN(C)C2CCC2)nc2c1cnn2C. The third kappa shape index (κ3) is 2.16. The lowest BCUT2D eigenvalue weighted by atomic mass is 9.92. The number of rotatable bonds is 4. The van der Waals surface area contributed by atoms with Gasteiger partial charge < -0.3 is 5.32 Å². The molecule has 6 heteroatoms. The van der Waals surface area contributed by atoms with Gasteiger partial charge >= 0.3 is 0 Å². The summed E-state index contributed by atoms with van der Waals surface area (Å²) in [6, 6.07) is 0.698. The quantitative estimate of drug-likeness (QED) is 0.900. The van der Waals surface area contributed by atoms with Crippen molar-refractivity contribution in [1.82, 2.24) is 24.6 Å². The van der Waals surface area contributed by atoms with Gasteiger partial charge in [-0.05, 0) is 19.9 Å². The van der Waals surface area contributed by atoms with Crippen molar-refractivity contribution in [1.29, 1.82) is 0 Å². The van der Waals surface area contributed by atoms with Gasteiger partial charge in [-0.2, -0.15) is 5.10 Å². The Labute approximate surface area is 112 Å². The van der Waals surface area contributed by atoms with Gasteiger partial charge in [-0.15, -0.1) is 0 Å². The summed E-state index contributed by atoms with van der Waals surface area (Å²) < 4.78 is 1.80. The molecule has 0 spiro atoms. The van der Waals surface area contributed by atoms with Gasteiger partial charge in [-0.25, -0.2) is 9.97 Å². The van der Waals surface area contributed by atoms with Crippen molar-refractivity contribution < 1.29 is 0 Å². The maximum atomic E-state index is 4.63. The molecule has 0 unspecified atom stereocenters. The van der Waals surface area contributed by atoms with E-state index in [1.54, 1.807) is 10.9 Å². The first-order chi connectivity index (χ1) is 9.19. The molecule has 1 N–H and O–H groups in total. The highest BCUT2D eigenvalue weighted by molar-refractivity contribution is 5.86. The monoisotopic (exact) mass is 260 g/mol. The van der Waals surface area contributed by atoms with Crippen LogP contribution in [0.5, 0.6) is 0 Å². The van der Waals surface area contributed by atoms with Gasteiger partial charge in [-0.3, -0.25) is 9.58 Å². The van der Waals surface area contributed by atoms with Crippen molar-refractivity contribution in [2.24, 2.45) is 7.05 Å². The highest BCUT2D eigenvalue weighted by atomic mass is 15.3. The van der Waals surface area contributed by atoms with Gasteiger partial charge in [-0.1, -0.05) is 6.42 Å².